The third-order valence-corrected chi connectivity index (χ3v) is 5.65. The maximum absolute atomic E-state index is 12.6. The summed E-state index contributed by atoms with van der Waals surface area (Å²) in [6.07, 6.45) is 4.40. The van der Waals surface area contributed by atoms with E-state index in [-0.39, 0.29) is 12.5 Å². The third-order valence-electron chi connectivity index (χ3n) is 5.44. The second kappa shape index (κ2) is 10.8. The van der Waals surface area contributed by atoms with E-state index in [0.717, 1.165) is 39.7 Å². The zero-order valence-corrected chi connectivity index (χ0v) is 19.9. The highest BCUT2D eigenvalue weighted by atomic mass is 32.1. The van der Waals surface area contributed by atoms with Gasteiger partial charge in [0.2, 0.25) is 5.91 Å². The second-order valence-electron chi connectivity index (χ2n) is 7.70. The van der Waals surface area contributed by atoms with E-state index in [9.17, 15) is 4.79 Å². The smallest absolute Gasteiger partial charge is 0.245 e. The molecule has 0 fully saturated rings. The number of nitrogens with one attached hydrogen (secondary N) is 1. The van der Waals surface area contributed by atoms with E-state index in [1.165, 1.54) is 16.0 Å². The Morgan fingerprint density at radius 2 is 1.74 bits per heavy atom. The van der Waals surface area contributed by atoms with Crippen LogP contribution in [0.15, 0.2) is 73.1 Å². The highest BCUT2D eigenvalue weighted by Gasteiger charge is 2.18. The molecule has 2 aromatic carbocycles. The summed E-state index contributed by atoms with van der Waals surface area (Å²) in [6.45, 7) is 2.31. The van der Waals surface area contributed by atoms with Crippen LogP contribution in [0.3, 0.4) is 0 Å². The number of hydrogen-bond donors (Lipinski definition) is 1. The number of aromatic nitrogens is 2. The van der Waals surface area contributed by atoms with E-state index in [0.29, 0.717) is 5.69 Å². The molecule has 0 saturated carbocycles. The lowest BCUT2D eigenvalue weighted by Crippen LogP contribution is -2.35. The van der Waals surface area contributed by atoms with E-state index < -0.39 is 0 Å². The molecule has 0 saturated heterocycles. The average Bonchev–Trinajstić information content (AvgIpc) is 2.88. The summed E-state index contributed by atoms with van der Waals surface area (Å²) in [5.74, 6) is 6.28. The Balaban J connectivity index is 1.68. The molecule has 1 amide bonds. The molecule has 34 heavy (non-hydrogen) atoms. The molecular formula is C28H24N4OS. The molecule has 2 aromatic heterocycles. The maximum atomic E-state index is 12.6. The number of amides is 1. The van der Waals surface area contributed by atoms with Crippen LogP contribution < -0.4 is 10.2 Å². The minimum Gasteiger partial charge on any atom is -0.311 e. The highest BCUT2D eigenvalue weighted by molar-refractivity contribution is 7.79. The van der Waals surface area contributed by atoms with Gasteiger partial charge < -0.3 is 5.32 Å². The Labute approximate surface area is 204 Å². The van der Waals surface area contributed by atoms with E-state index in [4.69, 9.17) is 17.2 Å². The van der Waals surface area contributed by atoms with Crippen LogP contribution in [-0.4, -0.2) is 35.0 Å². The first-order valence-electron chi connectivity index (χ1n) is 11.0. The van der Waals surface area contributed by atoms with Gasteiger partial charge in [-0.05, 0) is 55.4 Å². The Kier molecular flexibility index (Phi) is 7.38. The Bertz CT molecular complexity index is 1390. The summed E-state index contributed by atoms with van der Waals surface area (Å²) >= 11 is 5.17. The molecule has 0 aliphatic carbocycles. The number of pyridine rings is 2. The molecule has 0 aliphatic heterocycles. The molecule has 5 nitrogen and oxygen atoms in total. The van der Waals surface area contributed by atoms with Crippen molar-refractivity contribution in [2.75, 3.05) is 18.5 Å². The van der Waals surface area contributed by atoms with Crippen LogP contribution in [-0.2, 0) is 11.2 Å². The standard InChI is InChI=1S/C28H24N4OS/c1-3-20-4-6-21(7-5-20)8-9-22-10-12-23(13-11-22)26-16-27(32(19-34)28(33)18-29-2)24-17-30-15-14-25(24)31-26/h4-7,10-17,19,29H,3,18H2,1-2H3. The molecule has 4 aromatic rings. The van der Waals surface area contributed by atoms with Gasteiger partial charge in [0.25, 0.3) is 0 Å². The quantitative estimate of drug-likeness (QED) is 0.329. The van der Waals surface area contributed by atoms with Gasteiger partial charge >= 0.3 is 0 Å². The molecule has 6 heteroatoms. The molecule has 0 aliphatic rings. The fraction of sp³-hybridized carbons (Fsp3) is 0.143. The zero-order valence-electron chi connectivity index (χ0n) is 19.1. The Morgan fingerprint density at radius 3 is 2.35 bits per heavy atom. The predicted octanol–water partition coefficient (Wildman–Crippen LogP) is 4.77. The van der Waals surface area contributed by atoms with Crippen LogP contribution in [0.1, 0.15) is 23.6 Å². The molecule has 0 unspecified atom stereocenters. The largest absolute Gasteiger partial charge is 0.311 e. The van der Waals surface area contributed by atoms with Crippen molar-refractivity contribution in [2.45, 2.75) is 13.3 Å². The monoisotopic (exact) mass is 464 g/mol. The van der Waals surface area contributed by atoms with E-state index >= 15 is 0 Å². The molecule has 1 N–H and O–H groups in total. The van der Waals surface area contributed by atoms with Crippen molar-refractivity contribution in [1.82, 2.24) is 15.3 Å². The van der Waals surface area contributed by atoms with Crippen molar-refractivity contribution in [2.24, 2.45) is 0 Å². The van der Waals surface area contributed by atoms with Crippen LogP contribution in [0.25, 0.3) is 22.2 Å². The number of thiocarbonyl (C=S) groups is 1. The molecule has 168 valence electrons. The summed E-state index contributed by atoms with van der Waals surface area (Å²) in [7, 11) is 1.72. The van der Waals surface area contributed by atoms with Crippen molar-refractivity contribution in [1.29, 1.82) is 0 Å². The van der Waals surface area contributed by atoms with Crippen molar-refractivity contribution in [3.63, 3.8) is 0 Å². The van der Waals surface area contributed by atoms with Gasteiger partial charge in [0.05, 0.1) is 28.9 Å². The van der Waals surface area contributed by atoms with Crippen molar-refractivity contribution < 1.29 is 4.79 Å². The number of hydrogen-bond acceptors (Lipinski definition) is 5. The predicted molar refractivity (Wildman–Crippen MR) is 142 cm³/mol. The highest BCUT2D eigenvalue weighted by Crippen LogP contribution is 2.30. The molecule has 0 bridgehead atoms. The number of carbonyl (C=O) groups is 1. The molecule has 0 spiro atoms. The van der Waals surface area contributed by atoms with Crippen LogP contribution in [0.5, 0.6) is 0 Å². The molecule has 0 radical (unpaired) electrons. The number of rotatable bonds is 6. The lowest BCUT2D eigenvalue weighted by atomic mass is 10.1. The third kappa shape index (κ3) is 5.18. The summed E-state index contributed by atoms with van der Waals surface area (Å²) in [5, 5.41) is 3.64. The number of anilines is 1. The number of carbonyl (C=O) groups excluding carboxylic acids is 1. The molecular weight excluding hydrogens is 440 g/mol. The van der Waals surface area contributed by atoms with Crippen LogP contribution in [0.4, 0.5) is 5.69 Å². The van der Waals surface area contributed by atoms with Crippen molar-refractivity contribution >= 4 is 40.2 Å². The van der Waals surface area contributed by atoms with E-state index in [1.807, 2.05) is 48.5 Å². The fourth-order valence-electron chi connectivity index (χ4n) is 3.58. The summed E-state index contributed by atoms with van der Waals surface area (Å²) in [5.41, 5.74) is 7.61. The number of aryl methyl sites for hydroxylation is 1. The van der Waals surface area contributed by atoms with Gasteiger partial charge in [-0.15, -0.1) is 0 Å². The Hall–Kier alpha value is -3.92. The van der Waals surface area contributed by atoms with E-state index in [2.05, 4.69) is 41.2 Å². The van der Waals surface area contributed by atoms with Crippen molar-refractivity contribution in [3.05, 3.63) is 89.7 Å². The average molecular weight is 465 g/mol. The number of nitrogens with zero attached hydrogens (tertiary/aromatic N) is 3. The summed E-state index contributed by atoms with van der Waals surface area (Å²) in [4.78, 5) is 23.1. The molecule has 4 rings (SSSR count). The first-order chi connectivity index (χ1) is 16.6. The fourth-order valence-corrected chi connectivity index (χ4v) is 3.81. The molecule has 2 heterocycles. The van der Waals surface area contributed by atoms with Gasteiger partial charge in [0.15, 0.2) is 0 Å². The second-order valence-corrected chi connectivity index (χ2v) is 7.91. The SMILES string of the molecule is CCc1ccc(C#Cc2ccc(-c3cc(N(C=S)C(=O)CNC)c4cnccc4n3)cc2)cc1. The van der Waals surface area contributed by atoms with Gasteiger partial charge in [-0.1, -0.05) is 55.2 Å². The van der Waals surface area contributed by atoms with E-state index in [1.54, 1.807) is 19.4 Å². The Morgan fingerprint density at radius 1 is 1.06 bits per heavy atom. The first kappa shape index (κ1) is 23.2. The van der Waals surface area contributed by atoms with Crippen molar-refractivity contribution in [3.8, 4) is 23.1 Å². The van der Waals surface area contributed by atoms with Crippen LogP contribution >= 0.6 is 12.2 Å². The van der Waals surface area contributed by atoms with Gasteiger partial charge in [-0.25, -0.2) is 4.98 Å². The number of likely N-dealkylation sites (N-methyl/N-ethyl adjacent to an activating group) is 1. The minimum atomic E-state index is -0.155. The van der Waals surface area contributed by atoms with Gasteiger partial charge in [0, 0.05) is 34.5 Å². The van der Waals surface area contributed by atoms with Gasteiger partial charge in [0.1, 0.15) is 0 Å². The number of benzene rings is 2. The number of fused-ring (bicyclic) bond motifs is 1. The summed E-state index contributed by atoms with van der Waals surface area (Å²) < 4.78 is 0. The topological polar surface area (TPSA) is 58.1 Å². The first-order valence-corrected chi connectivity index (χ1v) is 11.5. The van der Waals surface area contributed by atoms with Gasteiger partial charge in [-0.2, -0.15) is 0 Å². The maximum Gasteiger partial charge on any atom is 0.245 e. The molecule has 0 atom stereocenters. The zero-order chi connectivity index (χ0) is 23.9. The summed E-state index contributed by atoms with van der Waals surface area (Å²) in [6, 6.07) is 19.9. The van der Waals surface area contributed by atoms with Gasteiger partial charge in [-0.3, -0.25) is 14.7 Å². The van der Waals surface area contributed by atoms with Crippen LogP contribution in [0, 0.1) is 11.8 Å². The lowest BCUT2D eigenvalue weighted by molar-refractivity contribution is -0.116. The lowest BCUT2D eigenvalue weighted by Gasteiger charge is -2.20. The minimum absolute atomic E-state index is 0.155. The van der Waals surface area contributed by atoms with Crippen LogP contribution in [0.2, 0.25) is 0 Å². The normalized spacial score (nSPS) is 10.4.